The van der Waals surface area contributed by atoms with Gasteiger partial charge in [0.25, 0.3) is 0 Å². The molecule has 0 aliphatic rings. The molecule has 2 aromatic rings. The summed E-state index contributed by atoms with van der Waals surface area (Å²) < 4.78 is 0. The number of benzene rings is 1. The second-order valence-corrected chi connectivity index (χ2v) is 4.32. The van der Waals surface area contributed by atoms with Crippen molar-refractivity contribution in [2.45, 2.75) is 26.7 Å². The number of ketones is 1. The lowest BCUT2D eigenvalue weighted by Gasteiger charge is -2.09. The van der Waals surface area contributed by atoms with Crippen LogP contribution in [-0.2, 0) is 0 Å². The van der Waals surface area contributed by atoms with E-state index in [1.54, 1.807) is 6.92 Å². The molecule has 0 saturated heterocycles. The minimum Gasteiger partial charge on any atom is -0.294 e. The molecule has 2 heteroatoms. The van der Waals surface area contributed by atoms with Crippen LogP contribution in [0.3, 0.4) is 0 Å². The molecule has 2 nitrogen and oxygen atoms in total. The van der Waals surface area contributed by atoms with Crippen LogP contribution >= 0.6 is 0 Å². The number of Topliss-reactive ketones (excluding diaryl/α,β-unsaturated/α-hetero) is 1. The van der Waals surface area contributed by atoms with Crippen LogP contribution < -0.4 is 0 Å². The Labute approximate surface area is 95.3 Å². The standard InChI is InChI=1S/C14H15NO/c1-9(2)14-8-12(10(3)16)11-6-4-5-7-13(11)15-14/h4-9H,1-3H3. The van der Waals surface area contributed by atoms with E-state index in [9.17, 15) is 4.79 Å². The van der Waals surface area contributed by atoms with Gasteiger partial charge < -0.3 is 0 Å². The fourth-order valence-corrected chi connectivity index (χ4v) is 1.78. The first kappa shape index (κ1) is 10.8. The van der Waals surface area contributed by atoms with Crippen LogP contribution in [0.25, 0.3) is 10.9 Å². The summed E-state index contributed by atoms with van der Waals surface area (Å²) in [6.07, 6.45) is 0. The summed E-state index contributed by atoms with van der Waals surface area (Å²) in [5.74, 6) is 0.434. The van der Waals surface area contributed by atoms with Crippen molar-refractivity contribution < 1.29 is 4.79 Å². The quantitative estimate of drug-likeness (QED) is 0.714. The van der Waals surface area contributed by atoms with E-state index in [2.05, 4.69) is 18.8 Å². The molecule has 0 aliphatic heterocycles. The van der Waals surface area contributed by atoms with Gasteiger partial charge in [-0.3, -0.25) is 9.78 Å². The molecule has 0 spiro atoms. The van der Waals surface area contributed by atoms with Gasteiger partial charge in [0.05, 0.1) is 5.52 Å². The summed E-state index contributed by atoms with van der Waals surface area (Å²) in [4.78, 5) is 16.2. The molecular formula is C14H15NO. The number of rotatable bonds is 2. The lowest BCUT2D eigenvalue weighted by atomic mass is 10.0. The first-order valence-electron chi connectivity index (χ1n) is 5.50. The third-order valence-electron chi connectivity index (χ3n) is 2.71. The van der Waals surface area contributed by atoms with E-state index in [0.717, 1.165) is 22.2 Å². The number of fused-ring (bicyclic) bond motifs is 1. The topological polar surface area (TPSA) is 30.0 Å². The zero-order valence-corrected chi connectivity index (χ0v) is 9.82. The van der Waals surface area contributed by atoms with Gasteiger partial charge in [-0.25, -0.2) is 0 Å². The second-order valence-electron chi connectivity index (χ2n) is 4.32. The SMILES string of the molecule is CC(=O)c1cc(C(C)C)nc2ccccc12. The Morgan fingerprint density at radius 3 is 2.56 bits per heavy atom. The molecule has 16 heavy (non-hydrogen) atoms. The van der Waals surface area contributed by atoms with Crippen LogP contribution in [0.1, 0.15) is 42.7 Å². The van der Waals surface area contributed by atoms with Gasteiger partial charge in [0.15, 0.2) is 5.78 Å². The van der Waals surface area contributed by atoms with Crippen LogP contribution in [-0.4, -0.2) is 10.8 Å². The second kappa shape index (κ2) is 4.05. The van der Waals surface area contributed by atoms with E-state index in [1.165, 1.54) is 0 Å². The molecule has 0 radical (unpaired) electrons. The Bertz CT molecular complexity index is 543. The molecule has 0 amide bonds. The zero-order chi connectivity index (χ0) is 11.7. The van der Waals surface area contributed by atoms with Gasteiger partial charge in [-0.15, -0.1) is 0 Å². The summed E-state index contributed by atoms with van der Waals surface area (Å²) in [6, 6.07) is 9.70. The predicted molar refractivity (Wildman–Crippen MR) is 65.8 cm³/mol. The van der Waals surface area contributed by atoms with Gasteiger partial charge in [0.2, 0.25) is 0 Å². The molecular weight excluding hydrogens is 198 g/mol. The van der Waals surface area contributed by atoms with Crippen molar-refractivity contribution in [2.24, 2.45) is 0 Å². The summed E-state index contributed by atoms with van der Waals surface area (Å²) in [7, 11) is 0. The summed E-state index contributed by atoms with van der Waals surface area (Å²) in [5, 5.41) is 0.944. The Morgan fingerprint density at radius 2 is 1.94 bits per heavy atom. The molecule has 0 aliphatic carbocycles. The maximum atomic E-state index is 11.6. The third-order valence-corrected chi connectivity index (χ3v) is 2.71. The van der Waals surface area contributed by atoms with Crippen LogP contribution in [0.2, 0.25) is 0 Å². The summed E-state index contributed by atoms with van der Waals surface area (Å²) in [6.45, 7) is 5.77. The highest BCUT2D eigenvalue weighted by Gasteiger charge is 2.10. The third kappa shape index (κ3) is 1.83. The Balaban J connectivity index is 2.79. The van der Waals surface area contributed by atoms with Gasteiger partial charge in [-0.05, 0) is 25.0 Å². The number of carbonyl (C=O) groups is 1. The molecule has 82 valence electrons. The summed E-state index contributed by atoms with van der Waals surface area (Å²) >= 11 is 0. The highest BCUT2D eigenvalue weighted by molar-refractivity contribution is 6.06. The monoisotopic (exact) mass is 213 g/mol. The highest BCUT2D eigenvalue weighted by atomic mass is 16.1. The maximum Gasteiger partial charge on any atom is 0.160 e. The number of nitrogens with zero attached hydrogens (tertiary/aromatic N) is 1. The Morgan fingerprint density at radius 1 is 1.25 bits per heavy atom. The minimum absolute atomic E-state index is 0.0977. The molecule has 1 aromatic carbocycles. The van der Waals surface area contributed by atoms with E-state index in [1.807, 2.05) is 30.3 Å². The average Bonchev–Trinajstić information content (AvgIpc) is 2.27. The number of para-hydroxylation sites is 1. The molecule has 0 saturated carbocycles. The lowest BCUT2D eigenvalue weighted by molar-refractivity contribution is 0.101. The highest BCUT2D eigenvalue weighted by Crippen LogP contribution is 2.22. The Hall–Kier alpha value is -1.70. The smallest absolute Gasteiger partial charge is 0.160 e. The number of hydrogen-bond donors (Lipinski definition) is 0. The number of hydrogen-bond acceptors (Lipinski definition) is 2. The average molecular weight is 213 g/mol. The largest absolute Gasteiger partial charge is 0.294 e. The maximum absolute atomic E-state index is 11.6. The first-order valence-corrected chi connectivity index (χ1v) is 5.50. The molecule has 0 bridgehead atoms. The van der Waals surface area contributed by atoms with Crippen LogP contribution in [0.5, 0.6) is 0 Å². The molecule has 0 unspecified atom stereocenters. The van der Waals surface area contributed by atoms with Crippen molar-refractivity contribution in [1.29, 1.82) is 0 Å². The molecule has 1 aromatic heterocycles. The van der Waals surface area contributed by atoms with Crippen molar-refractivity contribution in [2.75, 3.05) is 0 Å². The number of aromatic nitrogens is 1. The first-order chi connectivity index (χ1) is 7.59. The van der Waals surface area contributed by atoms with E-state index >= 15 is 0 Å². The van der Waals surface area contributed by atoms with Gasteiger partial charge in [0.1, 0.15) is 0 Å². The van der Waals surface area contributed by atoms with Crippen LogP contribution in [0, 0.1) is 0 Å². The van der Waals surface area contributed by atoms with E-state index in [-0.39, 0.29) is 5.78 Å². The Kier molecular flexibility index (Phi) is 2.73. The van der Waals surface area contributed by atoms with E-state index in [0.29, 0.717) is 5.92 Å². The van der Waals surface area contributed by atoms with Crippen LogP contribution in [0.15, 0.2) is 30.3 Å². The molecule has 0 fully saturated rings. The molecule has 0 N–H and O–H groups in total. The van der Waals surface area contributed by atoms with E-state index in [4.69, 9.17) is 0 Å². The zero-order valence-electron chi connectivity index (χ0n) is 9.82. The van der Waals surface area contributed by atoms with Crippen molar-refractivity contribution in [3.05, 3.63) is 41.6 Å². The predicted octanol–water partition coefficient (Wildman–Crippen LogP) is 3.56. The number of pyridine rings is 1. The number of carbonyl (C=O) groups excluding carboxylic acids is 1. The fourth-order valence-electron chi connectivity index (χ4n) is 1.78. The minimum atomic E-state index is 0.0977. The van der Waals surface area contributed by atoms with Gasteiger partial charge in [-0.1, -0.05) is 32.0 Å². The summed E-state index contributed by atoms with van der Waals surface area (Å²) in [5.41, 5.74) is 2.65. The van der Waals surface area contributed by atoms with E-state index < -0.39 is 0 Å². The molecule has 2 rings (SSSR count). The van der Waals surface area contributed by atoms with Gasteiger partial charge in [-0.2, -0.15) is 0 Å². The molecule has 1 heterocycles. The van der Waals surface area contributed by atoms with Crippen molar-refractivity contribution in [1.82, 2.24) is 4.98 Å². The van der Waals surface area contributed by atoms with Crippen molar-refractivity contribution in [3.63, 3.8) is 0 Å². The van der Waals surface area contributed by atoms with Gasteiger partial charge >= 0.3 is 0 Å². The molecule has 0 atom stereocenters. The van der Waals surface area contributed by atoms with Gasteiger partial charge in [0, 0.05) is 16.6 Å². The fraction of sp³-hybridized carbons (Fsp3) is 0.286. The van der Waals surface area contributed by atoms with Crippen molar-refractivity contribution in [3.8, 4) is 0 Å². The normalized spacial score (nSPS) is 11.0. The lowest BCUT2D eigenvalue weighted by Crippen LogP contribution is -2.00. The van der Waals surface area contributed by atoms with Crippen LogP contribution in [0.4, 0.5) is 0 Å². The van der Waals surface area contributed by atoms with Crippen molar-refractivity contribution >= 4 is 16.7 Å².